The lowest BCUT2D eigenvalue weighted by atomic mass is 9.76. The van der Waals surface area contributed by atoms with E-state index in [9.17, 15) is 5.26 Å². The summed E-state index contributed by atoms with van der Waals surface area (Å²) in [6.07, 6.45) is 6.33. The summed E-state index contributed by atoms with van der Waals surface area (Å²) in [7, 11) is 0. The van der Waals surface area contributed by atoms with Gasteiger partial charge in [0.2, 0.25) is 0 Å². The number of hydrogen-bond acceptors (Lipinski definition) is 2. The predicted octanol–water partition coefficient (Wildman–Crippen LogP) is 3.68. The van der Waals surface area contributed by atoms with Crippen molar-refractivity contribution >= 4 is 0 Å². The second-order valence-electron chi connectivity index (χ2n) is 6.68. The van der Waals surface area contributed by atoms with Gasteiger partial charge < -0.3 is 0 Å². The highest BCUT2D eigenvalue weighted by atomic mass is 15.2. The van der Waals surface area contributed by atoms with Gasteiger partial charge in [-0.2, -0.15) is 5.26 Å². The fourth-order valence-corrected chi connectivity index (χ4v) is 3.90. The van der Waals surface area contributed by atoms with Crippen molar-refractivity contribution in [2.75, 3.05) is 13.1 Å². The lowest BCUT2D eigenvalue weighted by Crippen LogP contribution is -2.43. The van der Waals surface area contributed by atoms with Crippen molar-refractivity contribution in [2.45, 2.75) is 58.9 Å². The summed E-state index contributed by atoms with van der Waals surface area (Å²) in [6, 6.07) is 3.13. The van der Waals surface area contributed by atoms with Crippen LogP contribution in [-0.2, 0) is 0 Å². The Labute approximate surface area is 112 Å². The first-order chi connectivity index (χ1) is 8.65. The summed E-state index contributed by atoms with van der Waals surface area (Å²) in [5.74, 6) is 2.76. The molecule has 0 N–H and O–H groups in total. The lowest BCUT2D eigenvalue weighted by molar-refractivity contribution is 0.115. The van der Waals surface area contributed by atoms with Crippen LogP contribution >= 0.6 is 0 Å². The molecule has 0 aromatic rings. The molecule has 1 saturated heterocycles. The van der Waals surface area contributed by atoms with Gasteiger partial charge in [0.1, 0.15) is 0 Å². The van der Waals surface area contributed by atoms with Crippen LogP contribution in [0.3, 0.4) is 0 Å². The smallest absolute Gasteiger partial charge is 0.0672 e. The number of likely N-dealkylation sites (tertiary alicyclic amines) is 1. The number of nitrogens with zero attached hydrogens (tertiary/aromatic N) is 2. The fourth-order valence-electron chi connectivity index (χ4n) is 3.90. The van der Waals surface area contributed by atoms with Crippen molar-refractivity contribution in [1.29, 1.82) is 5.26 Å². The molecule has 0 aromatic carbocycles. The highest BCUT2D eigenvalue weighted by molar-refractivity contribution is 4.99. The van der Waals surface area contributed by atoms with Crippen LogP contribution in [0, 0.1) is 35.0 Å². The first-order valence-electron chi connectivity index (χ1n) is 7.79. The maximum Gasteiger partial charge on any atom is 0.0672 e. The Balaban J connectivity index is 2.00. The molecule has 1 saturated carbocycles. The van der Waals surface area contributed by atoms with Crippen LogP contribution in [0.2, 0.25) is 0 Å². The SMILES string of the molecule is CCCC1CCC(C#N)C(N2CC(C)C(C)C2)C1. The molecule has 2 aliphatic rings. The largest absolute Gasteiger partial charge is 0.299 e. The Hall–Kier alpha value is -0.550. The molecule has 2 fully saturated rings. The third-order valence-electron chi connectivity index (χ3n) is 5.27. The molecule has 0 amide bonds. The van der Waals surface area contributed by atoms with Crippen LogP contribution in [-0.4, -0.2) is 24.0 Å². The molecule has 1 aliphatic carbocycles. The van der Waals surface area contributed by atoms with E-state index in [2.05, 4.69) is 31.7 Å². The number of hydrogen-bond donors (Lipinski definition) is 0. The molecule has 1 heterocycles. The van der Waals surface area contributed by atoms with E-state index in [1.54, 1.807) is 0 Å². The quantitative estimate of drug-likeness (QED) is 0.761. The van der Waals surface area contributed by atoms with E-state index in [1.807, 2.05) is 0 Å². The van der Waals surface area contributed by atoms with Crippen molar-refractivity contribution in [3.63, 3.8) is 0 Å². The average molecular weight is 248 g/mol. The standard InChI is InChI=1S/C16H28N2/c1-4-5-14-6-7-15(9-17)16(8-14)18-10-12(2)13(3)11-18/h12-16H,4-8,10-11H2,1-3H3. The Bertz CT molecular complexity index is 297. The van der Waals surface area contributed by atoms with Gasteiger partial charge in [0.05, 0.1) is 12.0 Å². The highest BCUT2D eigenvalue weighted by Crippen LogP contribution is 2.37. The lowest BCUT2D eigenvalue weighted by Gasteiger charge is -2.38. The molecule has 5 unspecified atom stereocenters. The molecule has 0 bridgehead atoms. The van der Waals surface area contributed by atoms with Gasteiger partial charge in [-0.15, -0.1) is 0 Å². The monoisotopic (exact) mass is 248 g/mol. The Morgan fingerprint density at radius 2 is 1.83 bits per heavy atom. The van der Waals surface area contributed by atoms with E-state index in [1.165, 1.54) is 38.8 Å². The topological polar surface area (TPSA) is 27.0 Å². The molecule has 0 radical (unpaired) electrons. The first kappa shape index (κ1) is 13.9. The second kappa shape index (κ2) is 6.06. The molecule has 2 rings (SSSR count). The Kier molecular flexibility index (Phi) is 4.67. The van der Waals surface area contributed by atoms with Crippen molar-refractivity contribution in [3.05, 3.63) is 0 Å². The number of rotatable bonds is 3. The Morgan fingerprint density at radius 1 is 1.17 bits per heavy atom. The minimum atomic E-state index is 0.288. The van der Waals surface area contributed by atoms with E-state index >= 15 is 0 Å². The van der Waals surface area contributed by atoms with E-state index in [4.69, 9.17) is 0 Å². The molecular formula is C16H28N2. The zero-order chi connectivity index (χ0) is 13.1. The summed E-state index contributed by atoms with van der Waals surface area (Å²) >= 11 is 0. The van der Waals surface area contributed by atoms with Crippen LogP contribution in [0.25, 0.3) is 0 Å². The van der Waals surface area contributed by atoms with E-state index in [0.717, 1.165) is 24.2 Å². The Morgan fingerprint density at radius 3 is 2.39 bits per heavy atom. The van der Waals surface area contributed by atoms with Crippen molar-refractivity contribution in [1.82, 2.24) is 4.90 Å². The third-order valence-corrected chi connectivity index (χ3v) is 5.27. The highest BCUT2D eigenvalue weighted by Gasteiger charge is 2.38. The van der Waals surface area contributed by atoms with Crippen molar-refractivity contribution < 1.29 is 0 Å². The third kappa shape index (κ3) is 2.88. The van der Waals surface area contributed by atoms with Crippen LogP contribution < -0.4 is 0 Å². The second-order valence-corrected chi connectivity index (χ2v) is 6.68. The van der Waals surface area contributed by atoms with E-state index in [0.29, 0.717) is 6.04 Å². The van der Waals surface area contributed by atoms with Gasteiger partial charge in [-0.3, -0.25) is 4.90 Å². The van der Waals surface area contributed by atoms with Crippen LogP contribution in [0.15, 0.2) is 0 Å². The molecule has 18 heavy (non-hydrogen) atoms. The zero-order valence-corrected chi connectivity index (χ0v) is 12.2. The van der Waals surface area contributed by atoms with Crippen LogP contribution in [0.1, 0.15) is 52.9 Å². The van der Waals surface area contributed by atoms with Crippen molar-refractivity contribution in [2.24, 2.45) is 23.7 Å². The molecular weight excluding hydrogens is 220 g/mol. The summed E-state index contributed by atoms with van der Waals surface area (Å²) < 4.78 is 0. The van der Waals surface area contributed by atoms with E-state index < -0.39 is 0 Å². The van der Waals surface area contributed by atoms with Crippen molar-refractivity contribution in [3.8, 4) is 6.07 Å². The van der Waals surface area contributed by atoms with Gasteiger partial charge >= 0.3 is 0 Å². The maximum absolute atomic E-state index is 9.39. The molecule has 102 valence electrons. The van der Waals surface area contributed by atoms with Gasteiger partial charge in [-0.1, -0.05) is 33.6 Å². The summed E-state index contributed by atoms with van der Waals surface area (Å²) in [6.45, 7) is 9.42. The average Bonchev–Trinajstić information content (AvgIpc) is 2.70. The molecule has 0 spiro atoms. The molecule has 0 aromatic heterocycles. The van der Waals surface area contributed by atoms with Gasteiger partial charge in [-0.05, 0) is 37.0 Å². The predicted molar refractivity (Wildman–Crippen MR) is 75.0 cm³/mol. The normalized spacial score (nSPS) is 41.8. The van der Waals surface area contributed by atoms with Gasteiger partial charge in [0.15, 0.2) is 0 Å². The number of nitriles is 1. The minimum absolute atomic E-state index is 0.288. The van der Waals surface area contributed by atoms with Crippen LogP contribution in [0.5, 0.6) is 0 Å². The zero-order valence-electron chi connectivity index (χ0n) is 12.2. The summed E-state index contributed by atoms with van der Waals surface area (Å²) in [5.41, 5.74) is 0. The molecule has 5 atom stereocenters. The molecule has 2 heteroatoms. The minimum Gasteiger partial charge on any atom is -0.299 e. The molecule has 2 nitrogen and oxygen atoms in total. The summed E-state index contributed by atoms with van der Waals surface area (Å²) in [4.78, 5) is 2.63. The van der Waals surface area contributed by atoms with Gasteiger partial charge in [-0.25, -0.2) is 0 Å². The van der Waals surface area contributed by atoms with Crippen LogP contribution in [0.4, 0.5) is 0 Å². The van der Waals surface area contributed by atoms with Gasteiger partial charge in [0.25, 0.3) is 0 Å². The summed E-state index contributed by atoms with van der Waals surface area (Å²) in [5, 5.41) is 9.39. The first-order valence-corrected chi connectivity index (χ1v) is 7.79. The van der Waals surface area contributed by atoms with E-state index in [-0.39, 0.29) is 5.92 Å². The molecule has 1 aliphatic heterocycles. The fraction of sp³-hybridized carbons (Fsp3) is 0.938. The maximum atomic E-state index is 9.39. The van der Waals surface area contributed by atoms with Gasteiger partial charge in [0, 0.05) is 19.1 Å².